The summed E-state index contributed by atoms with van der Waals surface area (Å²) in [7, 11) is 0. The molecule has 15 unspecified atom stereocenters. The number of hydrogen-bond donors (Lipinski definition) is 3. The molecule has 2 spiro atoms. The smallest absolute Gasteiger partial charge is 0.338 e. The molecule has 7 aliphatic rings. The molecule has 3 bridgehead atoms. The van der Waals surface area contributed by atoms with Crippen molar-refractivity contribution < 1.29 is 53.3 Å². The number of carbonyl (C=O) groups excluding carboxylic acids is 2. The van der Waals surface area contributed by atoms with Gasteiger partial charge in [-0.2, -0.15) is 0 Å². The Morgan fingerprint density at radius 1 is 0.891 bits per heavy atom. The summed E-state index contributed by atoms with van der Waals surface area (Å²) in [5.74, 6) is -5.73. The van der Waals surface area contributed by atoms with Crippen LogP contribution in [0.4, 0.5) is 0 Å². The number of ether oxygens (including phenoxy) is 6. The van der Waals surface area contributed by atoms with Gasteiger partial charge < -0.3 is 43.7 Å². The fourth-order valence-corrected chi connectivity index (χ4v) is 12.4. The van der Waals surface area contributed by atoms with Gasteiger partial charge in [-0.25, -0.2) is 9.59 Å². The molecular formula is C44H54O11. The lowest BCUT2D eigenvalue weighted by molar-refractivity contribution is -0.439. The molecule has 0 aromatic heterocycles. The lowest BCUT2D eigenvalue weighted by Gasteiger charge is -2.62. The monoisotopic (exact) mass is 758 g/mol. The van der Waals surface area contributed by atoms with E-state index in [2.05, 4.69) is 13.5 Å². The van der Waals surface area contributed by atoms with Gasteiger partial charge in [-0.3, -0.25) is 0 Å². The summed E-state index contributed by atoms with van der Waals surface area (Å²) in [5.41, 5.74) is -4.87. The Kier molecular flexibility index (Phi) is 8.98. The molecule has 11 nitrogen and oxygen atoms in total. The van der Waals surface area contributed by atoms with Crippen LogP contribution in [0.15, 0.2) is 72.8 Å². The van der Waals surface area contributed by atoms with Crippen LogP contribution in [-0.4, -0.2) is 93.3 Å². The number of epoxide rings is 1. The predicted octanol–water partition coefficient (Wildman–Crippen LogP) is 5.36. The van der Waals surface area contributed by atoms with Crippen molar-refractivity contribution in [3.05, 3.63) is 83.9 Å². The topological polar surface area (TPSA) is 154 Å². The van der Waals surface area contributed by atoms with E-state index in [9.17, 15) is 24.9 Å². The number of rotatable bonds is 7. The second-order valence-corrected chi connectivity index (χ2v) is 17.7. The van der Waals surface area contributed by atoms with Crippen molar-refractivity contribution in [1.29, 1.82) is 0 Å². The highest BCUT2D eigenvalue weighted by Crippen LogP contribution is 2.75. The number of esters is 2. The van der Waals surface area contributed by atoms with Gasteiger partial charge in [0.15, 0.2) is 0 Å². The summed E-state index contributed by atoms with van der Waals surface area (Å²) in [5, 5.41) is 37.9. The van der Waals surface area contributed by atoms with Crippen LogP contribution in [-0.2, 0) is 28.4 Å². The van der Waals surface area contributed by atoms with E-state index < -0.39 is 95.0 Å². The highest BCUT2D eigenvalue weighted by atomic mass is 16.9. The maximum atomic E-state index is 14.0. The zero-order chi connectivity index (χ0) is 38.5. The Bertz CT molecular complexity index is 1820. The third kappa shape index (κ3) is 5.19. The second kappa shape index (κ2) is 13.2. The third-order valence-electron chi connectivity index (χ3n) is 14.8. The van der Waals surface area contributed by atoms with Crippen LogP contribution in [0.3, 0.4) is 0 Å². The van der Waals surface area contributed by atoms with Gasteiger partial charge in [-0.1, -0.05) is 88.9 Å². The molecular weight excluding hydrogens is 704 g/mol. The van der Waals surface area contributed by atoms with Crippen LogP contribution < -0.4 is 0 Å². The summed E-state index contributed by atoms with van der Waals surface area (Å²) in [6.07, 6.45) is 1.85. The van der Waals surface area contributed by atoms with Crippen molar-refractivity contribution in [3.63, 3.8) is 0 Å². The van der Waals surface area contributed by atoms with Gasteiger partial charge in [0.05, 0.1) is 29.9 Å². The average Bonchev–Trinajstić information content (AvgIpc) is 3.83. The van der Waals surface area contributed by atoms with Gasteiger partial charge in [0, 0.05) is 24.2 Å². The van der Waals surface area contributed by atoms with Crippen molar-refractivity contribution in [2.24, 2.45) is 35.5 Å². The van der Waals surface area contributed by atoms with Crippen LogP contribution in [0.2, 0.25) is 0 Å². The lowest BCUT2D eigenvalue weighted by atomic mass is 9.51. The van der Waals surface area contributed by atoms with E-state index >= 15 is 0 Å². The van der Waals surface area contributed by atoms with E-state index in [1.165, 1.54) is 0 Å². The van der Waals surface area contributed by atoms with Crippen molar-refractivity contribution >= 4 is 11.9 Å². The molecule has 55 heavy (non-hydrogen) atoms. The second-order valence-electron chi connectivity index (χ2n) is 17.7. The molecule has 9 rings (SSSR count). The first kappa shape index (κ1) is 37.4. The standard InChI is InChI=1S/C44H54O11/c1-25(2)40-22-30(23-50-37(46)28-17-11-8-12-18-28)44-32-35(40)53-42(54-40,55-44)21-15-7-5-6-10-16-26(3)31-27(4)34(51-38(47)29-19-13-9-14-20-29)43(49,33(31)44)39(48)41(24-45)36(32)52-41/h8-9,11-14,17-20,26-27,30-36,39,45,48-49H,1,5-7,10,15-16,21-24H2,2-4H3. The van der Waals surface area contributed by atoms with E-state index in [1.54, 1.807) is 48.5 Å². The molecule has 4 saturated heterocycles. The fourth-order valence-electron chi connectivity index (χ4n) is 12.4. The van der Waals surface area contributed by atoms with E-state index in [0.717, 1.165) is 38.5 Å². The Hall–Kier alpha value is -3.16. The van der Waals surface area contributed by atoms with Crippen LogP contribution in [0, 0.1) is 35.5 Å². The quantitative estimate of drug-likeness (QED) is 0.190. The fraction of sp³-hybridized carbons (Fsp3) is 0.636. The Morgan fingerprint density at radius 3 is 2.22 bits per heavy atom. The normalized spacial score (nSPS) is 46.6. The summed E-state index contributed by atoms with van der Waals surface area (Å²) < 4.78 is 40.9. The molecule has 4 heterocycles. The number of carbonyl (C=O) groups is 2. The van der Waals surface area contributed by atoms with Crippen molar-refractivity contribution in [1.82, 2.24) is 0 Å². The first-order chi connectivity index (χ1) is 26.4. The minimum Gasteiger partial charge on any atom is -0.462 e. The SMILES string of the molecule is C=C(C)C12CC(COC(=O)c3ccccc3)C34OC5(CCCCCCCC(C)C6C(C)C(OC(=O)c7ccccc7)C(O)(C(O)C7(CO)OC7C3C1O5)C64)O2. The Balaban J connectivity index is 1.27. The van der Waals surface area contributed by atoms with Crippen LogP contribution in [0.5, 0.6) is 0 Å². The van der Waals surface area contributed by atoms with Crippen LogP contribution in [0.1, 0.15) is 92.9 Å². The molecule has 0 radical (unpaired) electrons. The molecule has 3 N–H and O–H groups in total. The maximum Gasteiger partial charge on any atom is 0.338 e. The van der Waals surface area contributed by atoms with E-state index in [4.69, 9.17) is 28.4 Å². The first-order valence-electron chi connectivity index (χ1n) is 20.3. The predicted molar refractivity (Wildman–Crippen MR) is 197 cm³/mol. The van der Waals surface area contributed by atoms with Crippen molar-refractivity contribution in [3.8, 4) is 0 Å². The van der Waals surface area contributed by atoms with E-state index in [-0.39, 0.29) is 18.4 Å². The molecule has 15 atom stereocenters. The minimum atomic E-state index is -2.18. The largest absolute Gasteiger partial charge is 0.462 e. The summed E-state index contributed by atoms with van der Waals surface area (Å²) in [6, 6.07) is 17.4. The van der Waals surface area contributed by atoms with Gasteiger partial charge in [0.2, 0.25) is 0 Å². The number of benzene rings is 2. The highest BCUT2D eigenvalue weighted by molar-refractivity contribution is 5.90. The Morgan fingerprint density at radius 2 is 1.55 bits per heavy atom. The number of aliphatic hydroxyl groups is 3. The van der Waals surface area contributed by atoms with E-state index in [0.29, 0.717) is 29.5 Å². The van der Waals surface area contributed by atoms with Crippen LogP contribution in [0.25, 0.3) is 0 Å². The lowest BCUT2D eigenvalue weighted by Crippen LogP contribution is -2.74. The third-order valence-corrected chi connectivity index (χ3v) is 14.8. The van der Waals surface area contributed by atoms with Crippen LogP contribution >= 0.6 is 0 Å². The molecule has 11 heteroatoms. The van der Waals surface area contributed by atoms with Gasteiger partial charge in [0.1, 0.15) is 41.2 Å². The first-order valence-corrected chi connectivity index (χ1v) is 20.3. The highest BCUT2D eigenvalue weighted by Gasteiger charge is 2.90. The molecule has 2 aromatic carbocycles. The number of hydrogen-bond acceptors (Lipinski definition) is 11. The average molecular weight is 759 g/mol. The summed E-state index contributed by atoms with van der Waals surface area (Å²) >= 11 is 0. The van der Waals surface area contributed by atoms with E-state index in [1.807, 2.05) is 26.0 Å². The Labute approximate surface area is 322 Å². The molecule has 296 valence electrons. The molecule has 2 aromatic rings. The van der Waals surface area contributed by atoms with Crippen molar-refractivity contribution in [2.75, 3.05) is 13.2 Å². The number of fused-ring (bicyclic) bond motifs is 1. The zero-order valence-electron chi connectivity index (χ0n) is 31.9. The van der Waals surface area contributed by atoms with Gasteiger partial charge in [0.25, 0.3) is 5.97 Å². The molecule has 3 aliphatic carbocycles. The summed E-state index contributed by atoms with van der Waals surface area (Å²) in [6.45, 7) is 9.79. The minimum absolute atomic E-state index is 0.0170. The summed E-state index contributed by atoms with van der Waals surface area (Å²) in [4.78, 5) is 27.7. The molecule has 4 aliphatic heterocycles. The van der Waals surface area contributed by atoms with Gasteiger partial charge in [-0.05, 0) is 67.4 Å². The zero-order valence-corrected chi connectivity index (χ0v) is 31.9. The molecule has 7 fully saturated rings. The number of aliphatic hydroxyl groups excluding tert-OH is 2. The van der Waals surface area contributed by atoms with Crippen molar-refractivity contribution in [2.45, 2.75) is 125 Å². The van der Waals surface area contributed by atoms with Gasteiger partial charge in [-0.15, -0.1) is 0 Å². The maximum absolute atomic E-state index is 14.0. The molecule has 0 amide bonds. The molecule has 3 saturated carbocycles. The van der Waals surface area contributed by atoms with Gasteiger partial charge >= 0.3 is 11.9 Å².